The van der Waals surface area contributed by atoms with Crippen molar-refractivity contribution in [2.24, 2.45) is 0 Å². The van der Waals surface area contributed by atoms with Crippen LogP contribution in [0.1, 0.15) is 40.9 Å². The lowest BCUT2D eigenvalue weighted by atomic mass is 10.1. The van der Waals surface area contributed by atoms with Gasteiger partial charge in [0.1, 0.15) is 11.3 Å². The number of rotatable bonds is 6. The molecule has 0 saturated carbocycles. The summed E-state index contributed by atoms with van der Waals surface area (Å²) in [5.74, 6) is 6.00. The van der Waals surface area contributed by atoms with E-state index in [1.54, 1.807) is 48.3 Å². The van der Waals surface area contributed by atoms with E-state index in [9.17, 15) is 9.59 Å². The number of fused-ring (bicyclic) bond motifs is 2. The molecule has 11 nitrogen and oxygen atoms in total. The zero-order valence-electron chi connectivity index (χ0n) is 24.2. The Morgan fingerprint density at radius 1 is 1.00 bits per heavy atom. The molecular weight excluding hydrogens is 566 g/mol. The summed E-state index contributed by atoms with van der Waals surface area (Å²) in [5, 5.41) is 10.2. The molecule has 4 heterocycles. The summed E-state index contributed by atoms with van der Waals surface area (Å²) in [6, 6.07) is 22.2. The summed E-state index contributed by atoms with van der Waals surface area (Å²) >= 11 is 0. The van der Waals surface area contributed by atoms with Gasteiger partial charge in [-0.1, -0.05) is 18.1 Å². The number of nitrogen functional groups attached to an aromatic ring is 1. The Morgan fingerprint density at radius 2 is 1.91 bits per heavy atom. The third-order valence-electron chi connectivity index (χ3n) is 7.70. The van der Waals surface area contributed by atoms with Crippen LogP contribution in [0.3, 0.4) is 0 Å². The smallest absolute Gasteiger partial charge is 0.300 e. The highest BCUT2D eigenvalue weighted by Gasteiger charge is 2.26. The Balaban J connectivity index is 1.23. The van der Waals surface area contributed by atoms with Crippen LogP contribution in [0.15, 0.2) is 91.4 Å². The van der Waals surface area contributed by atoms with E-state index in [1.165, 1.54) is 0 Å². The topological polar surface area (TPSA) is 146 Å². The van der Waals surface area contributed by atoms with E-state index < -0.39 is 5.91 Å². The fraction of sp³-hybridized carbons (Fsp3) is 0.118. The number of anilines is 2. The summed E-state index contributed by atoms with van der Waals surface area (Å²) in [4.78, 5) is 39.3. The summed E-state index contributed by atoms with van der Waals surface area (Å²) < 4.78 is 3.69. The lowest BCUT2D eigenvalue weighted by Crippen LogP contribution is -2.27. The Morgan fingerprint density at radius 3 is 2.73 bits per heavy atom. The van der Waals surface area contributed by atoms with Crippen LogP contribution in [0.4, 0.5) is 11.5 Å². The van der Waals surface area contributed by atoms with E-state index in [4.69, 9.17) is 15.7 Å². The van der Waals surface area contributed by atoms with Gasteiger partial charge in [-0.25, -0.2) is 19.6 Å². The van der Waals surface area contributed by atoms with Crippen LogP contribution < -0.4 is 16.4 Å². The lowest BCUT2D eigenvalue weighted by molar-refractivity contribution is -0.111. The van der Waals surface area contributed by atoms with Crippen molar-refractivity contribution >= 4 is 34.5 Å². The van der Waals surface area contributed by atoms with Gasteiger partial charge in [-0.15, -0.1) is 0 Å². The third-order valence-corrected chi connectivity index (χ3v) is 7.70. The monoisotopic (exact) mass is 593 g/mol. The SMILES string of the molecule is CC#CC(=O)Nc1cccc(C(=O)NC2CCc3cc(-n4c(-c5cccnc5N)nc5ccc(-n6cccn6)nc54)ccc32)c1. The highest BCUT2D eigenvalue weighted by molar-refractivity contribution is 6.04. The molecule has 1 unspecified atom stereocenters. The molecule has 0 bridgehead atoms. The number of hydrogen-bond donors (Lipinski definition) is 3. The number of benzene rings is 2. The van der Waals surface area contributed by atoms with Gasteiger partial charge in [0.25, 0.3) is 11.8 Å². The fourth-order valence-electron chi connectivity index (χ4n) is 5.66. The number of nitrogens with two attached hydrogens (primary N) is 1. The van der Waals surface area contributed by atoms with Crippen LogP contribution in [0.2, 0.25) is 0 Å². The molecule has 11 heteroatoms. The standard InChI is InChI=1S/C34H27N9O2/c1-2-6-30(44)38-23-8-3-7-22(19-23)34(45)40-27-13-10-21-20-24(11-12-25(21)27)43-32(26-9-4-16-36-31(26)35)39-28-14-15-29(41-33(28)43)42-18-5-17-37-42/h3-5,7-9,11-12,14-20,27H,10,13H2,1H3,(H2,35,36)(H,38,44)(H,40,45). The normalized spacial score (nSPS) is 13.6. The molecule has 4 N–H and O–H groups in total. The van der Waals surface area contributed by atoms with Crippen molar-refractivity contribution in [2.75, 3.05) is 11.1 Å². The molecule has 1 aliphatic rings. The molecule has 2 aromatic carbocycles. The number of amides is 2. The largest absolute Gasteiger partial charge is 0.383 e. The van der Waals surface area contributed by atoms with Crippen molar-refractivity contribution < 1.29 is 9.59 Å². The average molecular weight is 594 g/mol. The molecule has 6 aromatic rings. The van der Waals surface area contributed by atoms with Crippen LogP contribution in [-0.2, 0) is 11.2 Å². The molecule has 0 radical (unpaired) electrons. The molecule has 1 atom stereocenters. The molecule has 45 heavy (non-hydrogen) atoms. The van der Waals surface area contributed by atoms with Crippen molar-refractivity contribution in [3.05, 3.63) is 108 Å². The summed E-state index contributed by atoms with van der Waals surface area (Å²) in [5.41, 5.74) is 12.4. The second-order valence-corrected chi connectivity index (χ2v) is 10.5. The van der Waals surface area contributed by atoms with Crippen LogP contribution >= 0.6 is 0 Å². The number of pyridine rings is 2. The lowest BCUT2D eigenvalue weighted by Gasteiger charge is -2.16. The minimum atomic E-state index is -0.427. The van der Waals surface area contributed by atoms with Gasteiger partial charge >= 0.3 is 0 Å². The fourth-order valence-corrected chi connectivity index (χ4v) is 5.66. The Bertz CT molecular complexity index is 2160. The number of hydrogen-bond acceptors (Lipinski definition) is 7. The Kier molecular flexibility index (Phi) is 6.99. The molecule has 7 rings (SSSR count). The number of carbonyl (C=O) groups is 2. The molecule has 0 spiro atoms. The molecule has 1 aliphatic carbocycles. The van der Waals surface area contributed by atoms with E-state index >= 15 is 0 Å². The highest BCUT2D eigenvalue weighted by Crippen LogP contribution is 2.36. The van der Waals surface area contributed by atoms with Crippen molar-refractivity contribution in [3.63, 3.8) is 0 Å². The molecule has 4 aromatic heterocycles. The number of aromatic nitrogens is 6. The minimum Gasteiger partial charge on any atom is -0.383 e. The second-order valence-electron chi connectivity index (χ2n) is 10.5. The van der Waals surface area contributed by atoms with Gasteiger partial charge in [-0.05, 0) is 97.5 Å². The van der Waals surface area contributed by atoms with Gasteiger partial charge in [-0.2, -0.15) is 5.10 Å². The molecule has 220 valence electrons. The molecule has 0 aliphatic heterocycles. The number of imidazole rings is 1. The number of nitrogens with one attached hydrogen (secondary N) is 2. The quantitative estimate of drug-likeness (QED) is 0.239. The van der Waals surface area contributed by atoms with E-state index in [0.29, 0.717) is 45.4 Å². The molecular formula is C34H27N9O2. The maximum atomic E-state index is 13.2. The first kappa shape index (κ1) is 27.5. The zero-order chi connectivity index (χ0) is 30.9. The van der Waals surface area contributed by atoms with Crippen molar-refractivity contribution in [1.82, 2.24) is 34.6 Å². The van der Waals surface area contributed by atoms with Crippen LogP contribution in [0.5, 0.6) is 0 Å². The first-order chi connectivity index (χ1) is 22.0. The van der Waals surface area contributed by atoms with E-state index in [1.807, 2.05) is 53.2 Å². The van der Waals surface area contributed by atoms with E-state index in [2.05, 4.69) is 38.6 Å². The first-order valence-corrected chi connectivity index (χ1v) is 14.4. The molecule has 0 saturated heterocycles. The van der Waals surface area contributed by atoms with Gasteiger partial charge in [0, 0.05) is 35.5 Å². The van der Waals surface area contributed by atoms with E-state index in [0.717, 1.165) is 29.7 Å². The average Bonchev–Trinajstić information content (AvgIpc) is 3.80. The first-order valence-electron chi connectivity index (χ1n) is 14.4. The van der Waals surface area contributed by atoms with Gasteiger partial charge in [-0.3, -0.25) is 14.2 Å². The summed E-state index contributed by atoms with van der Waals surface area (Å²) in [7, 11) is 0. The third kappa shape index (κ3) is 5.25. The minimum absolute atomic E-state index is 0.164. The number of carbonyl (C=O) groups excluding carboxylic acids is 2. The summed E-state index contributed by atoms with van der Waals surface area (Å²) in [6.07, 6.45) is 6.73. The number of nitrogens with zero attached hydrogens (tertiary/aromatic N) is 6. The molecule has 0 fully saturated rings. The second kappa shape index (κ2) is 11.4. The van der Waals surface area contributed by atoms with Gasteiger partial charge in [0.05, 0.1) is 11.6 Å². The summed E-state index contributed by atoms with van der Waals surface area (Å²) in [6.45, 7) is 1.59. The highest BCUT2D eigenvalue weighted by atomic mass is 16.2. The van der Waals surface area contributed by atoms with Gasteiger partial charge in [0.15, 0.2) is 17.3 Å². The van der Waals surface area contributed by atoms with Crippen LogP contribution in [0, 0.1) is 11.8 Å². The van der Waals surface area contributed by atoms with Crippen molar-refractivity contribution in [2.45, 2.75) is 25.8 Å². The maximum Gasteiger partial charge on any atom is 0.300 e. The maximum absolute atomic E-state index is 13.2. The zero-order valence-corrected chi connectivity index (χ0v) is 24.2. The van der Waals surface area contributed by atoms with Crippen LogP contribution in [0.25, 0.3) is 34.1 Å². The van der Waals surface area contributed by atoms with E-state index in [-0.39, 0.29) is 11.9 Å². The van der Waals surface area contributed by atoms with Crippen LogP contribution in [-0.4, -0.2) is 41.1 Å². The van der Waals surface area contributed by atoms with Crippen molar-refractivity contribution in [3.8, 4) is 34.7 Å². The predicted molar refractivity (Wildman–Crippen MR) is 171 cm³/mol. The Hall–Kier alpha value is -6.28. The molecule has 2 amide bonds. The predicted octanol–water partition coefficient (Wildman–Crippen LogP) is 4.63. The Labute approximate surface area is 258 Å². The number of aryl methyl sites for hydroxylation is 1. The van der Waals surface area contributed by atoms with Crippen molar-refractivity contribution in [1.29, 1.82) is 0 Å². The van der Waals surface area contributed by atoms with Gasteiger partial charge in [0.2, 0.25) is 0 Å². The van der Waals surface area contributed by atoms with Gasteiger partial charge < -0.3 is 16.4 Å².